The number of H-pyrrole nitrogens is 1. The summed E-state index contributed by atoms with van der Waals surface area (Å²) in [5.41, 5.74) is 1.31. The first-order chi connectivity index (χ1) is 10.6. The van der Waals surface area contributed by atoms with E-state index in [0.29, 0.717) is 10.8 Å². The second kappa shape index (κ2) is 5.98. The molecule has 2 aromatic heterocycles. The fourth-order valence-electron chi connectivity index (χ4n) is 2.03. The van der Waals surface area contributed by atoms with Crippen molar-refractivity contribution in [3.8, 4) is 0 Å². The van der Waals surface area contributed by atoms with Crippen LogP contribution in [0.15, 0.2) is 41.9 Å². The summed E-state index contributed by atoms with van der Waals surface area (Å²) in [6.07, 6.45) is 1.61. The van der Waals surface area contributed by atoms with Gasteiger partial charge in [0, 0.05) is 22.5 Å². The molecule has 0 unspecified atom stereocenters. The normalized spacial score (nSPS) is 12.0. The van der Waals surface area contributed by atoms with Crippen LogP contribution in [0.25, 0.3) is 10.9 Å². The molecular weight excluding hydrogens is 300 g/mol. The molecule has 1 atom stereocenters. The second-order valence-corrected chi connectivity index (χ2v) is 5.69. The molecule has 3 rings (SSSR count). The molecule has 0 saturated carbocycles. The number of amides is 2. The predicted octanol–water partition coefficient (Wildman–Crippen LogP) is 2.38. The Bertz CT molecular complexity index is 777. The van der Waals surface area contributed by atoms with E-state index in [1.165, 1.54) is 11.3 Å². The van der Waals surface area contributed by atoms with Crippen molar-refractivity contribution < 1.29 is 9.59 Å². The molecule has 2 amide bonds. The van der Waals surface area contributed by atoms with Crippen LogP contribution < -0.4 is 10.6 Å². The van der Waals surface area contributed by atoms with Crippen molar-refractivity contribution in [3.05, 3.63) is 47.6 Å². The second-order valence-electron chi connectivity index (χ2n) is 4.79. The SMILES string of the molecule is C[C@@H](NC(=O)c1cc2ccccc2[nH]1)C(=O)Nc1nccs1. The summed E-state index contributed by atoms with van der Waals surface area (Å²) in [5.74, 6) is -0.627. The zero-order valence-corrected chi connectivity index (χ0v) is 12.6. The van der Waals surface area contributed by atoms with Crippen LogP contribution in [-0.2, 0) is 4.79 Å². The van der Waals surface area contributed by atoms with Crippen LogP contribution in [0.2, 0.25) is 0 Å². The van der Waals surface area contributed by atoms with Gasteiger partial charge in [0.2, 0.25) is 5.91 Å². The zero-order valence-electron chi connectivity index (χ0n) is 11.8. The topological polar surface area (TPSA) is 86.9 Å². The molecule has 0 bridgehead atoms. The largest absolute Gasteiger partial charge is 0.351 e. The molecule has 0 fully saturated rings. The highest BCUT2D eigenvalue weighted by Crippen LogP contribution is 2.15. The van der Waals surface area contributed by atoms with Crippen molar-refractivity contribution in [2.45, 2.75) is 13.0 Å². The highest BCUT2D eigenvalue weighted by atomic mass is 32.1. The van der Waals surface area contributed by atoms with Gasteiger partial charge >= 0.3 is 0 Å². The summed E-state index contributed by atoms with van der Waals surface area (Å²) < 4.78 is 0. The summed E-state index contributed by atoms with van der Waals surface area (Å²) in [6.45, 7) is 1.63. The molecule has 0 spiro atoms. The van der Waals surface area contributed by atoms with Gasteiger partial charge in [0.15, 0.2) is 5.13 Å². The first kappa shape index (κ1) is 14.3. The molecule has 112 valence electrons. The third kappa shape index (κ3) is 2.99. The Morgan fingerprint density at radius 2 is 2.14 bits per heavy atom. The molecule has 3 aromatic rings. The minimum absolute atomic E-state index is 0.306. The minimum atomic E-state index is -0.664. The van der Waals surface area contributed by atoms with Gasteiger partial charge in [0.05, 0.1) is 0 Å². The molecule has 22 heavy (non-hydrogen) atoms. The fourth-order valence-corrected chi connectivity index (χ4v) is 2.57. The van der Waals surface area contributed by atoms with Crippen molar-refractivity contribution in [3.63, 3.8) is 0 Å². The molecule has 0 aliphatic heterocycles. The van der Waals surface area contributed by atoms with Gasteiger partial charge in [-0.1, -0.05) is 18.2 Å². The average Bonchev–Trinajstić information content (AvgIpc) is 3.15. The van der Waals surface area contributed by atoms with E-state index in [-0.39, 0.29) is 11.8 Å². The lowest BCUT2D eigenvalue weighted by molar-refractivity contribution is -0.117. The predicted molar refractivity (Wildman–Crippen MR) is 86.0 cm³/mol. The number of fused-ring (bicyclic) bond motifs is 1. The molecular formula is C15H14N4O2S. The van der Waals surface area contributed by atoms with E-state index in [1.54, 1.807) is 24.6 Å². The number of nitrogens with one attached hydrogen (secondary N) is 3. The van der Waals surface area contributed by atoms with Crippen LogP contribution in [-0.4, -0.2) is 27.8 Å². The number of hydrogen-bond donors (Lipinski definition) is 3. The molecule has 3 N–H and O–H groups in total. The van der Waals surface area contributed by atoms with Gasteiger partial charge in [0.25, 0.3) is 5.91 Å². The number of carbonyl (C=O) groups is 2. The number of aromatic amines is 1. The van der Waals surface area contributed by atoms with Gasteiger partial charge in [-0.15, -0.1) is 11.3 Å². The maximum atomic E-state index is 12.2. The van der Waals surface area contributed by atoms with Gasteiger partial charge in [-0.3, -0.25) is 9.59 Å². The Balaban J connectivity index is 1.66. The quantitative estimate of drug-likeness (QED) is 0.691. The first-order valence-corrected chi connectivity index (χ1v) is 7.60. The molecule has 6 nitrogen and oxygen atoms in total. The van der Waals surface area contributed by atoms with E-state index in [1.807, 2.05) is 24.3 Å². The van der Waals surface area contributed by atoms with Crippen LogP contribution in [0.5, 0.6) is 0 Å². The summed E-state index contributed by atoms with van der Waals surface area (Å²) in [6, 6.07) is 8.71. The molecule has 0 saturated heterocycles. The van der Waals surface area contributed by atoms with E-state index in [0.717, 1.165) is 10.9 Å². The Labute approximate surface area is 130 Å². The fraction of sp³-hybridized carbons (Fsp3) is 0.133. The lowest BCUT2D eigenvalue weighted by Gasteiger charge is -2.12. The van der Waals surface area contributed by atoms with E-state index < -0.39 is 6.04 Å². The third-order valence-electron chi connectivity index (χ3n) is 3.18. The van der Waals surface area contributed by atoms with Crippen LogP contribution in [0, 0.1) is 0 Å². The average molecular weight is 314 g/mol. The number of aromatic nitrogens is 2. The van der Waals surface area contributed by atoms with Gasteiger partial charge in [-0.25, -0.2) is 4.98 Å². The van der Waals surface area contributed by atoms with Crippen molar-refractivity contribution >= 4 is 39.2 Å². The number of hydrogen-bond acceptors (Lipinski definition) is 4. The van der Waals surface area contributed by atoms with Gasteiger partial charge in [-0.2, -0.15) is 0 Å². The van der Waals surface area contributed by atoms with E-state index in [2.05, 4.69) is 20.6 Å². The Kier molecular flexibility index (Phi) is 3.88. The van der Waals surface area contributed by atoms with Crippen molar-refractivity contribution in [1.29, 1.82) is 0 Å². The number of carbonyl (C=O) groups excluding carboxylic acids is 2. The third-order valence-corrected chi connectivity index (χ3v) is 3.87. The number of benzene rings is 1. The molecule has 7 heteroatoms. The summed E-state index contributed by atoms with van der Waals surface area (Å²) in [5, 5.41) is 8.54. The van der Waals surface area contributed by atoms with Gasteiger partial charge in [-0.05, 0) is 19.1 Å². The Morgan fingerprint density at radius 3 is 2.86 bits per heavy atom. The lowest BCUT2D eigenvalue weighted by Crippen LogP contribution is -2.41. The molecule has 2 heterocycles. The van der Waals surface area contributed by atoms with E-state index in [4.69, 9.17) is 0 Å². The van der Waals surface area contributed by atoms with Gasteiger partial charge < -0.3 is 15.6 Å². The Morgan fingerprint density at radius 1 is 1.32 bits per heavy atom. The Hall–Kier alpha value is -2.67. The molecule has 0 aliphatic rings. The van der Waals surface area contributed by atoms with Crippen LogP contribution in [0.1, 0.15) is 17.4 Å². The number of rotatable bonds is 4. The smallest absolute Gasteiger partial charge is 0.268 e. The molecule has 0 aliphatic carbocycles. The number of nitrogens with zero attached hydrogens (tertiary/aromatic N) is 1. The molecule has 0 radical (unpaired) electrons. The lowest BCUT2D eigenvalue weighted by atomic mass is 10.2. The van der Waals surface area contributed by atoms with Crippen LogP contribution in [0.4, 0.5) is 5.13 Å². The highest BCUT2D eigenvalue weighted by molar-refractivity contribution is 7.13. The summed E-state index contributed by atoms with van der Waals surface area (Å²) in [7, 11) is 0. The standard InChI is InChI=1S/C15H14N4O2S/c1-9(13(20)19-15-16-6-7-22-15)17-14(21)12-8-10-4-2-3-5-11(10)18-12/h2-9,18H,1H3,(H,17,21)(H,16,19,20)/t9-/m1/s1. The van der Waals surface area contributed by atoms with E-state index >= 15 is 0 Å². The monoisotopic (exact) mass is 314 g/mol. The number of anilines is 1. The zero-order chi connectivity index (χ0) is 15.5. The first-order valence-electron chi connectivity index (χ1n) is 6.72. The maximum Gasteiger partial charge on any atom is 0.268 e. The summed E-state index contributed by atoms with van der Waals surface area (Å²) in [4.78, 5) is 31.2. The van der Waals surface area contributed by atoms with Crippen molar-refractivity contribution in [2.75, 3.05) is 5.32 Å². The molecule has 1 aromatic carbocycles. The van der Waals surface area contributed by atoms with Crippen LogP contribution in [0.3, 0.4) is 0 Å². The van der Waals surface area contributed by atoms with Crippen LogP contribution >= 0.6 is 11.3 Å². The summed E-state index contributed by atoms with van der Waals surface area (Å²) >= 11 is 1.32. The van der Waals surface area contributed by atoms with Crippen molar-refractivity contribution in [2.24, 2.45) is 0 Å². The van der Waals surface area contributed by atoms with Gasteiger partial charge in [0.1, 0.15) is 11.7 Å². The van der Waals surface area contributed by atoms with E-state index in [9.17, 15) is 9.59 Å². The maximum absolute atomic E-state index is 12.2. The number of thiazole rings is 1. The number of para-hydroxylation sites is 1. The highest BCUT2D eigenvalue weighted by Gasteiger charge is 2.18. The van der Waals surface area contributed by atoms with Crippen molar-refractivity contribution in [1.82, 2.24) is 15.3 Å². The minimum Gasteiger partial charge on any atom is -0.351 e.